The molecule has 33 heavy (non-hydrogen) atoms. The zero-order valence-electron chi connectivity index (χ0n) is 18.1. The molecule has 0 spiro atoms. The summed E-state index contributed by atoms with van der Waals surface area (Å²) in [4.78, 5) is 0. The zero-order valence-corrected chi connectivity index (χ0v) is 23.2. The maximum atomic E-state index is 2.50. The Labute approximate surface area is 219 Å². The third-order valence-electron chi connectivity index (χ3n) is 6.27. The fourth-order valence-electron chi connectivity index (χ4n) is 4.76. The van der Waals surface area contributed by atoms with Gasteiger partial charge in [-0.15, -0.1) is 0 Å². The van der Waals surface area contributed by atoms with Gasteiger partial charge in [0.1, 0.15) is 0 Å². The molecule has 0 nitrogen and oxygen atoms in total. The fourth-order valence-corrected chi connectivity index (χ4v) is 9.35. The van der Waals surface area contributed by atoms with Crippen LogP contribution < -0.4 is 24.8 Å². The third-order valence-corrected chi connectivity index (χ3v) is 11.1. The molecular weight excluding hydrogens is 610 g/mol. The molecule has 0 N–H and O–H groups in total. The van der Waals surface area contributed by atoms with Crippen molar-refractivity contribution in [2.45, 2.75) is 12.8 Å². The van der Waals surface area contributed by atoms with E-state index >= 15 is 0 Å². The molecule has 4 aromatic rings. The van der Waals surface area contributed by atoms with Gasteiger partial charge in [-0.3, -0.25) is 0 Å². The molecule has 0 atom stereocenters. The van der Waals surface area contributed by atoms with Crippen LogP contribution >= 0.6 is 0 Å². The topological polar surface area (TPSA) is 0 Å². The van der Waals surface area contributed by atoms with E-state index in [-0.39, 0.29) is 24.8 Å². The second kappa shape index (κ2) is 10.4. The van der Waals surface area contributed by atoms with Crippen LogP contribution in [-0.4, -0.2) is 0 Å². The minimum Gasteiger partial charge on any atom is -1.00 e. The SMILES string of the molecule is C1=[C]([Hf+2][C]2=CC(c3cccc4ccccc34)=CC2)CC=C1c1cccc2ccccc12.[Cl-].[Cl-]. The van der Waals surface area contributed by atoms with Crippen molar-refractivity contribution in [1.82, 2.24) is 0 Å². The van der Waals surface area contributed by atoms with Crippen LogP contribution in [0.15, 0.2) is 116 Å². The van der Waals surface area contributed by atoms with Crippen LogP contribution in [0.1, 0.15) is 24.0 Å². The molecule has 0 heterocycles. The summed E-state index contributed by atoms with van der Waals surface area (Å²) < 4.78 is 3.42. The maximum Gasteiger partial charge on any atom is -1.00 e. The number of allylic oxidation sites excluding steroid dienone is 8. The van der Waals surface area contributed by atoms with Gasteiger partial charge in [-0.1, -0.05) is 0 Å². The van der Waals surface area contributed by atoms with Gasteiger partial charge in [0, 0.05) is 0 Å². The van der Waals surface area contributed by atoms with Gasteiger partial charge in [0.2, 0.25) is 0 Å². The number of fused-ring (bicyclic) bond motifs is 2. The summed E-state index contributed by atoms with van der Waals surface area (Å²) in [5.74, 6) is 0. The Morgan fingerprint density at radius 2 is 0.909 bits per heavy atom. The van der Waals surface area contributed by atoms with Gasteiger partial charge in [-0.05, 0) is 0 Å². The van der Waals surface area contributed by atoms with E-state index in [1.165, 1.54) is 43.8 Å². The third kappa shape index (κ3) is 4.73. The molecule has 0 saturated heterocycles. The minimum absolute atomic E-state index is 0. The number of benzene rings is 4. The Bertz CT molecular complexity index is 1330. The van der Waals surface area contributed by atoms with Gasteiger partial charge in [0.25, 0.3) is 0 Å². The Balaban J connectivity index is 0.00000130. The number of halogens is 2. The first-order valence-corrected chi connectivity index (χ1v) is 14.5. The molecule has 6 rings (SSSR count). The first kappa shape index (κ1) is 24.0. The van der Waals surface area contributed by atoms with Gasteiger partial charge in [-0.25, -0.2) is 0 Å². The number of rotatable bonds is 4. The van der Waals surface area contributed by atoms with Crippen molar-refractivity contribution in [2.75, 3.05) is 0 Å². The van der Waals surface area contributed by atoms with Crippen LogP contribution in [-0.2, 0) is 22.9 Å². The van der Waals surface area contributed by atoms with Crippen molar-refractivity contribution < 1.29 is 47.7 Å². The van der Waals surface area contributed by atoms with Crippen molar-refractivity contribution in [2.24, 2.45) is 0 Å². The molecule has 0 saturated carbocycles. The molecule has 0 amide bonds. The Morgan fingerprint density at radius 3 is 1.39 bits per heavy atom. The van der Waals surface area contributed by atoms with Gasteiger partial charge in [0.15, 0.2) is 0 Å². The van der Waals surface area contributed by atoms with Crippen LogP contribution in [0.3, 0.4) is 0 Å². The molecule has 0 fully saturated rings. The summed E-state index contributed by atoms with van der Waals surface area (Å²) in [6.07, 6.45) is 12.2. The number of hydrogen-bond acceptors (Lipinski definition) is 0. The largest absolute Gasteiger partial charge is 1.00 e. The summed E-state index contributed by atoms with van der Waals surface area (Å²) in [6, 6.07) is 30.8. The average molecular weight is 632 g/mol. The summed E-state index contributed by atoms with van der Waals surface area (Å²) >= 11 is -0.978. The summed E-state index contributed by atoms with van der Waals surface area (Å²) in [5, 5.41) is 5.38. The second-order valence-electron chi connectivity index (χ2n) is 8.24. The molecule has 0 radical (unpaired) electrons. The van der Waals surface area contributed by atoms with E-state index in [4.69, 9.17) is 0 Å². The molecule has 2 aliphatic rings. The molecule has 3 heteroatoms. The smallest absolute Gasteiger partial charge is 1.00 e. The maximum absolute atomic E-state index is 2.50. The quantitative estimate of drug-likeness (QED) is 0.303. The molecular formula is C30H22Cl2Hf. The molecule has 2 aliphatic carbocycles. The van der Waals surface area contributed by atoms with Crippen molar-refractivity contribution in [1.29, 1.82) is 0 Å². The van der Waals surface area contributed by atoms with E-state index in [0.29, 0.717) is 0 Å². The van der Waals surface area contributed by atoms with E-state index in [0.717, 1.165) is 12.8 Å². The van der Waals surface area contributed by atoms with Crippen LogP contribution in [0.4, 0.5) is 0 Å². The van der Waals surface area contributed by atoms with Crippen molar-refractivity contribution in [3.63, 3.8) is 0 Å². The van der Waals surface area contributed by atoms with Gasteiger partial charge >= 0.3 is 195 Å². The van der Waals surface area contributed by atoms with E-state index in [1.54, 1.807) is 6.66 Å². The molecule has 0 bridgehead atoms. The van der Waals surface area contributed by atoms with Crippen LogP contribution in [0.25, 0.3) is 32.7 Å². The van der Waals surface area contributed by atoms with Crippen molar-refractivity contribution >= 4 is 32.7 Å². The first-order valence-electron chi connectivity index (χ1n) is 10.9. The van der Waals surface area contributed by atoms with E-state index in [2.05, 4.69) is 109 Å². The Hall–Kier alpha value is -2.19. The normalized spacial score (nSPS) is 14.5. The Kier molecular flexibility index (Phi) is 7.54. The monoisotopic (exact) mass is 632 g/mol. The molecule has 160 valence electrons. The first-order chi connectivity index (χ1) is 15.3. The van der Waals surface area contributed by atoms with Crippen LogP contribution in [0.5, 0.6) is 0 Å². The molecule has 4 aromatic carbocycles. The second-order valence-corrected chi connectivity index (χ2v) is 13.8. The predicted octanol–water partition coefficient (Wildman–Crippen LogP) is 2.13. The molecule has 0 aliphatic heterocycles. The molecule has 0 aromatic heterocycles. The number of hydrogen-bond donors (Lipinski definition) is 0. The standard InChI is InChI=1S/2C15H11.2ClH.Hf/c2*1-2-7-12(6-1)15-11-5-9-13-8-3-4-10-14(13)15;;;/h2*3-11H,1H2;2*1H;/q;;;;+2/p-2. The minimum atomic E-state index is -0.978. The predicted molar refractivity (Wildman–Crippen MR) is 129 cm³/mol. The summed E-state index contributed by atoms with van der Waals surface area (Å²) in [7, 11) is 0. The Morgan fingerprint density at radius 1 is 0.485 bits per heavy atom. The van der Waals surface area contributed by atoms with Gasteiger partial charge in [0.05, 0.1) is 0 Å². The van der Waals surface area contributed by atoms with Gasteiger partial charge in [-0.2, -0.15) is 0 Å². The van der Waals surface area contributed by atoms with Crippen molar-refractivity contribution in [3.8, 4) is 0 Å². The molecule has 0 unspecified atom stereocenters. The summed E-state index contributed by atoms with van der Waals surface area (Å²) in [6.45, 7) is 0. The van der Waals surface area contributed by atoms with Crippen molar-refractivity contribution in [3.05, 3.63) is 127 Å². The fraction of sp³-hybridized carbons (Fsp3) is 0.0667. The van der Waals surface area contributed by atoms with E-state index in [9.17, 15) is 0 Å². The van der Waals surface area contributed by atoms with E-state index < -0.39 is 22.9 Å². The average Bonchev–Trinajstić information content (AvgIpc) is 3.48. The van der Waals surface area contributed by atoms with Gasteiger partial charge < -0.3 is 24.8 Å². The van der Waals surface area contributed by atoms with E-state index in [1.807, 2.05) is 0 Å². The van der Waals surface area contributed by atoms with Crippen LogP contribution in [0, 0.1) is 0 Å². The van der Waals surface area contributed by atoms with Crippen LogP contribution in [0.2, 0.25) is 0 Å². The summed E-state index contributed by atoms with van der Waals surface area (Å²) in [5.41, 5.74) is 5.60. The zero-order chi connectivity index (χ0) is 20.6.